The molecule has 0 aromatic rings. The fourth-order valence-electron chi connectivity index (χ4n) is 0.950. The largest absolute Gasteiger partial charge is 0.466 e. The predicted molar refractivity (Wildman–Crippen MR) is 44.1 cm³/mol. The van der Waals surface area contributed by atoms with Crippen LogP contribution in [0.2, 0.25) is 0 Å². The van der Waals surface area contributed by atoms with Crippen LogP contribution in [-0.2, 0) is 9.53 Å². The Morgan fingerprint density at radius 3 is 2.55 bits per heavy atom. The third-order valence-electron chi connectivity index (χ3n) is 1.63. The zero-order valence-electron chi connectivity index (χ0n) is 7.30. The highest BCUT2D eigenvalue weighted by Gasteiger charge is 2.15. The first kappa shape index (κ1) is 10.4. The van der Waals surface area contributed by atoms with Crippen molar-refractivity contribution in [3.63, 3.8) is 0 Å². The van der Waals surface area contributed by atoms with Gasteiger partial charge >= 0.3 is 5.97 Å². The Bertz CT molecular complexity index is 115. The molecule has 2 N–H and O–H groups in total. The molecule has 1 atom stereocenters. The highest BCUT2D eigenvalue weighted by molar-refractivity contribution is 5.72. The lowest BCUT2D eigenvalue weighted by atomic mass is 10.0. The molecule has 0 radical (unpaired) electrons. The van der Waals surface area contributed by atoms with Crippen LogP contribution in [-0.4, -0.2) is 19.1 Å². The van der Waals surface area contributed by atoms with Gasteiger partial charge in [-0.2, -0.15) is 0 Å². The van der Waals surface area contributed by atoms with E-state index in [0.717, 1.165) is 12.8 Å². The van der Waals surface area contributed by atoms with Crippen LogP contribution < -0.4 is 5.73 Å². The highest BCUT2D eigenvalue weighted by Crippen LogP contribution is 2.08. The van der Waals surface area contributed by atoms with Crippen LogP contribution in [0.4, 0.5) is 0 Å². The van der Waals surface area contributed by atoms with Crippen molar-refractivity contribution >= 4 is 5.97 Å². The highest BCUT2D eigenvalue weighted by atomic mass is 16.5. The summed E-state index contributed by atoms with van der Waals surface area (Å²) in [5.74, 6) is -0.111. The minimum atomic E-state index is -0.111. The fourth-order valence-corrected chi connectivity index (χ4v) is 0.950. The number of carbonyl (C=O) groups is 1. The van der Waals surface area contributed by atoms with Gasteiger partial charge in [-0.15, -0.1) is 0 Å². The third-order valence-corrected chi connectivity index (χ3v) is 1.63. The number of hydrogen-bond acceptors (Lipinski definition) is 3. The molecule has 0 saturated heterocycles. The van der Waals surface area contributed by atoms with Crippen molar-refractivity contribution < 1.29 is 9.53 Å². The number of rotatable bonds is 5. The van der Waals surface area contributed by atoms with E-state index in [-0.39, 0.29) is 11.9 Å². The van der Waals surface area contributed by atoms with Gasteiger partial charge in [0.05, 0.1) is 12.5 Å². The maximum absolute atomic E-state index is 11.1. The van der Waals surface area contributed by atoms with E-state index in [1.54, 1.807) is 0 Å². The van der Waals surface area contributed by atoms with Crippen LogP contribution in [0.15, 0.2) is 0 Å². The quantitative estimate of drug-likeness (QED) is 0.607. The molecule has 0 heterocycles. The summed E-state index contributed by atoms with van der Waals surface area (Å²) in [6, 6.07) is 0. The van der Waals surface area contributed by atoms with Gasteiger partial charge in [0.2, 0.25) is 0 Å². The molecular weight excluding hydrogens is 142 g/mol. The Morgan fingerprint density at radius 2 is 2.18 bits per heavy atom. The fraction of sp³-hybridized carbons (Fsp3) is 0.875. The second-order valence-corrected chi connectivity index (χ2v) is 2.43. The lowest BCUT2D eigenvalue weighted by molar-refractivity contribution is -0.148. The minimum absolute atomic E-state index is 0.0000463. The summed E-state index contributed by atoms with van der Waals surface area (Å²) < 4.78 is 4.85. The Labute approximate surface area is 67.9 Å². The van der Waals surface area contributed by atoms with E-state index in [2.05, 4.69) is 0 Å². The Hall–Kier alpha value is -0.570. The zero-order chi connectivity index (χ0) is 8.69. The average Bonchev–Trinajstić information content (AvgIpc) is 2.00. The summed E-state index contributed by atoms with van der Waals surface area (Å²) in [6.07, 6.45) is 1.55. The van der Waals surface area contributed by atoms with Crippen LogP contribution in [0.5, 0.6) is 0 Å². The monoisotopic (exact) mass is 159 g/mol. The van der Waals surface area contributed by atoms with Gasteiger partial charge in [0.15, 0.2) is 0 Å². The first-order valence-corrected chi connectivity index (χ1v) is 4.12. The molecule has 0 saturated carbocycles. The molecule has 1 unspecified atom stereocenters. The van der Waals surface area contributed by atoms with Gasteiger partial charge in [0.1, 0.15) is 0 Å². The number of nitrogens with two attached hydrogens (primary N) is 1. The summed E-state index contributed by atoms with van der Waals surface area (Å²) in [5.41, 5.74) is 5.33. The van der Waals surface area contributed by atoms with Gasteiger partial charge in [0, 0.05) is 0 Å². The summed E-state index contributed by atoms with van der Waals surface area (Å²) in [5, 5.41) is 0. The van der Waals surface area contributed by atoms with Crippen molar-refractivity contribution in [2.24, 2.45) is 11.7 Å². The number of esters is 1. The lowest BCUT2D eigenvalue weighted by Gasteiger charge is -2.11. The molecule has 0 fully saturated rings. The Kier molecular flexibility index (Phi) is 5.84. The molecule has 0 rings (SSSR count). The van der Waals surface area contributed by atoms with Crippen molar-refractivity contribution in [2.45, 2.75) is 26.7 Å². The van der Waals surface area contributed by atoms with Crippen molar-refractivity contribution in [3.8, 4) is 0 Å². The number of hydrogen-bond donors (Lipinski definition) is 1. The molecule has 0 aromatic carbocycles. The van der Waals surface area contributed by atoms with Crippen molar-refractivity contribution in [3.05, 3.63) is 0 Å². The van der Waals surface area contributed by atoms with E-state index in [9.17, 15) is 4.79 Å². The maximum Gasteiger partial charge on any atom is 0.308 e. The van der Waals surface area contributed by atoms with E-state index in [0.29, 0.717) is 13.2 Å². The smallest absolute Gasteiger partial charge is 0.308 e. The molecule has 0 aliphatic heterocycles. The number of carbonyl (C=O) groups excluding carboxylic acids is 1. The summed E-state index contributed by atoms with van der Waals surface area (Å²) in [7, 11) is 0. The van der Waals surface area contributed by atoms with E-state index in [1.807, 2.05) is 13.8 Å². The Balaban J connectivity index is 3.71. The molecule has 0 aromatic heterocycles. The van der Waals surface area contributed by atoms with Gasteiger partial charge in [-0.25, -0.2) is 0 Å². The minimum Gasteiger partial charge on any atom is -0.466 e. The normalized spacial score (nSPS) is 12.6. The SMILES string of the molecule is CCOC(=O)C(CC)CCN. The van der Waals surface area contributed by atoms with E-state index < -0.39 is 0 Å². The summed E-state index contributed by atoms with van der Waals surface area (Å²) in [4.78, 5) is 11.1. The molecule has 3 heteroatoms. The molecule has 0 spiro atoms. The van der Waals surface area contributed by atoms with Crippen molar-refractivity contribution in [1.82, 2.24) is 0 Å². The standard InChI is InChI=1S/C8H17NO2/c1-3-7(5-6-9)8(10)11-4-2/h7H,3-6,9H2,1-2H3. The van der Waals surface area contributed by atoms with Gasteiger partial charge < -0.3 is 10.5 Å². The third kappa shape index (κ3) is 3.98. The zero-order valence-corrected chi connectivity index (χ0v) is 7.30. The summed E-state index contributed by atoms with van der Waals surface area (Å²) in [6.45, 7) is 4.79. The Morgan fingerprint density at radius 1 is 1.55 bits per heavy atom. The van der Waals surface area contributed by atoms with E-state index in [1.165, 1.54) is 0 Å². The second kappa shape index (κ2) is 6.16. The second-order valence-electron chi connectivity index (χ2n) is 2.43. The summed E-state index contributed by atoms with van der Waals surface area (Å²) >= 11 is 0. The molecule has 0 bridgehead atoms. The van der Waals surface area contributed by atoms with Crippen LogP contribution in [0, 0.1) is 5.92 Å². The van der Waals surface area contributed by atoms with Crippen LogP contribution in [0.25, 0.3) is 0 Å². The van der Waals surface area contributed by atoms with Crippen LogP contribution in [0.3, 0.4) is 0 Å². The molecule has 3 nitrogen and oxygen atoms in total. The number of ether oxygens (including phenoxy) is 1. The maximum atomic E-state index is 11.1. The molecule has 0 aliphatic rings. The van der Waals surface area contributed by atoms with Crippen LogP contribution in [0.1, 0.15) is 26.7 Å². The van der Waals surface area contributed by atoms with Gasteiger partial charge in [0.25, 0.3) is 0 Å². The first-order chi connectivity index (χ1) is 5.26. The van der Waals surface area contributed by atoms with Gasteiger partial charge in [-0.3, -0.25) is 4.79 Å². The van der Waals surface area contributed by atoms with Crippen molar-refractivity contribution in [2.75, 3.05) is 13.2 Å². The van der Waals surface area contributed by atoms with Crippen molar-refractivity contribution in [1.29, 1.82) is 0 Å². The molecule has 0 amide bonds. The topological polar surface area (TPSA) is 52.3 Å². The average molecular weight is 159 g/mol. The van der Waals surface area contributed by atoms with Gasteiger partial charge in [-0.1, -0.05) is 6.92 Å². The van der Waals surface area contributed by atoms with Crippen LogP contribution >= 0.6 is 0 Å². The molecular formula is C8H17NO2. The first-order valence-electron chi connectivity index (χ1n) is 4.12. The molecule has 66 valence electrons. The lowest BCUT2D eigenvalue weighted by Crippen LogP contribution is -2.20. The molecule has 0 aliphatic carbocycles. The van der Waals surface area contributed by atoms with E-state index >= 15 is 0 Å². The van der Waals surface area contributed by atoms with Gasteiger partial charge in [-0.05, 0) is 26.3 Å². The van der Waals surface area contributed by atoms with E-state index in [4.69, 9.17) is 10.5 Å². The predicted octanol–water partition coefficient (Wildman–Crippen LogP) is 0.924. The molecule has 11 heavy (non-hydrogen) atoms.